The third kappa shape index (κ3) is 2.46. The summed E-state index contributed by atoms with van der Waals surface area (Å²) in [7, 11) is 0. The molecule has 0 fully saturated rings. The van der Waals surface area contributed by atoms with E-state index in [1.807, 2.05) is 18.2 Å². The number of fused-ring (bicyclic) bond motifs is 1. The molecule has 16 heavy (non-hydrogen) atoms. The number of rotatable bonds is 2. The predicted molar refractivity (Wildman–Crippen MR) is 67.0 cm³/mol. The molecule has 1 aromatic carbocycles. The fourth-order valence-electron chi connectivity index (χ4n) is 2.02. The minimum atomic E-state index is 0.0428. The lowest BCUT2D eigenvalue weighted by Gasteiger charge is -2.26. The Labute approximate surface area is 104 Å². The molecule has 0 aliphatic carbocycles. The Bertz CT molecular complexity index is 412. The van der Waals surface area contributed by atoms with E-state index in [9.17, 15) is 4.79 Å². The summed E-state index contributed by atoms with van der Waals surface area (Å²) in [6.45, 7) is 4.29. The molecule has 86 valence electrons. The normalized spacial score (nSPS) is 19.5. The average Bonchev–Trinajstić information content (AvgIpc) is 2.18. The maximum atomic E-state index is 11.9. The lowest BCUT2D eigenvalue weighted by molar-refractivity contribution is 0.0820. The van der Waals surface area contributed by atoms with E-state index in [0.29, 0.717) is 17.9 Å². The topological polar surface area (TPSA) is 26.3 Å². The van der Waals surface area contributed by atoms with Crippen LogP contribution in [-0.4, -0.2) is 11.9 Å². The fraction of sp³-hybridized carbons (Fsp3) is 0.462. The van der Waals surface area contributed by atoms with Crippen LogP contribution in [0.5, 0.6) is 5.75 Å². The first-order chi connectivity index (χ1) is 7.56. The molecule has 0 N–H and O–H groups in total. The lowest BCUT2D eigenvalue weighted by Crippen LogP contribution is -2.28. The van der Waals surface area contributed by atoms with E-state index in [4.69, 9.17) is 4.74 Å². The molecule has 1 aliphatic rings. The summed E-state index contributed by atoms with van der Waals surface area (Å²) in [6, 6.07) is 5.61. The van der Waals surface area contributed by atoms with Crippen LogP contribution < -0.4 is 4.74 Å². The first kappa shape index (κ1) is 11.6. The van der Waals surface area contributed by atoms with Crippen molar-refractivity contribution < 1.29 is 9.53 Å². The second-order valence-electron chi connectivity index (χ2n) is 4.64. The van der Waals surface area contributed by atoms with E-state index in [1.165, 1.54) is 0 Å². The molecule has 0 aromatic heterocycles. The van der Waals surface area contributed by atoms with Gasteiger partial charge in [-0.3, -0.25) is 4.79 Å². The summed E-state index contributed by atoms with van der Waals surface area (Å²) in [4.78, 5) is 11.9. The van der Waals surface area contributed by atoms with Gasteiger partial charge in [0.25, 0.3) is 0 Å². The summed E-state index contributed by atoms with van der Waals surface area (Å²) in [5.41, 5.74) is 0.703. The van der Waals surface area contributed by atoms with E-state index < -0.39 is 0 Å². The minimum absolute atomic E-state index is 0.0428. The smallest absolute Gasteiger partial charge is 0.170 e. The highest BCUT2D eigenvalue weighted by Gasteiger charge is 2.26. The summed E-state index contributed by atoms with van der Waals surface area (Å²) in [5, 5.41) is 0. The van der Waals surface area contributed by atoms with Gasteiger partial charge in [0.2, 0.25) is 0 Å². The van der Waals surface area contributed by atoms with Crippen molar-refractivity contribution in [2.75, 3.05) is 0 Å². The van der Waals surface area contributed by atoms with Gasteiger partial charge in [-0.2, -0.15) is 0 Å². The van der Waals surface area contributed by atoms with Gasteiger partial charge in [0.1, 0.15) is 11.9 Å². The molecule has 3 heteroatoms. The Balaban J connectivity index is 2.23. The number of hydrogen-bond donors (Lipinski definition) is 0. The summed E-state index contributed by atoms with van der Waals surface area (Å²) in [5.74, 6) is 1.47. The molecule has 1 heterocycles. The molecule has 0 amide bonds. The van der Waals surface area contributed by atoms with Gasteiger partial charge in [-0.05, 0) is 30.5 Å². The monoisotopic (exact) mass is 282 g/mol. The van der Waals surface area contributed by atoms with E-state index in [-0.39, 0.29) is 11.9 Å². The summed E-state index contributed by atoms with van der Waals surface area (Å²) in [6.07, 6.45) is 1.48. The number of carbonyl (C=O) groups excluding carboxylic acids is 1. The first-order valence-corrected chi connectivity index (χ1v) is 6.35. The lowest BCUT2D eigenvalue weighted by atomic mass is 9.95. The molecule has 0 unspecified atom stereocenters. The Kier molecular flexibility index (Phi) is 3.33. The van der Waals surface area contributed by atoms with Gasteiger partial charge in [-0.25, -0.2) is 0 Å². The maximum Gasteiger partial charge on any atom is 0.170 e. The van der Waals surface area contributed by atoms with E-state index in [1.54, 1.807) is 0 Å². The SMILES string of the molecule is CC(C)C[C@H]1CC(=O)c2cc(Br)ccc2O1. The predicted octanol–water partition coefficient (Wildman–Crippen LogP) is 3.83. The molecule has 0 radical (unpaired) electrons. The van der Waals surface area contributed by atoms with E-state index in [2.05, 4.69) is 29.8 Å². The van der Waals surface area contributed by atoms with Crippen LogP contribution in [-0.2, 0) is 0 Å². The highest BCUT2D eigenvalue weighted by atomic mass is 79.9. The molecule has 0 spiro atoms. The summed E-state index contributed by atoms with van der Waals surface area (Å²) < 4.78 is 6.75. The standard InChI is InChI=1S/C13H15BrO2/c1-8(2)5-10-7-12(15)11-6-9(14)3-4-13(11)16-10/h3-4,6,8,10H,5,7H2,1-2H3/t10-/m0/s1. The van der Waals surface area contributed by atoms with Crippen LogP contribution in [0.2, 0.25) is 0 Å². The van der Waals surface area contributed by atoms with Crippen LogP contribution in [0.25, 0.3) is 0 Å². The van der Waals surface area contributed by atoms with E-state index in [0.717, 1.165) is 16.6 Å². The third-order valence-electron chi connectivity index (χ3n) is 2.68. The van der Waals surface area contributed by atoms with Gasteiger partial charge in [0, 0.05) is 10.9 Å². The average molecular weight is 283 g/mol. The highest BCUT2D eigenvalue weighted by molar-refractivity contribution is 9.10. The van der Waals surface area contributed by atoms with Crippen LogP contribution in [0.1, 0.15) is 37.0 Å². The van der Waals surface area contributed by atoms with Gasteiger partial charge in [0.05, 0.1) is 5.56 Å². The van der Waals surface area contributed by atoms with Crippen molar-refractivity contribution in [3.8, 4) is 5.75 Å². The van der Waals surface area contributed by atoms with E-state index >= 15 is 0 Å². The molecule has 0 saturated heterocycles. The largest absolute Gasteiger partial charge is 0.489 e. The first-order valence-electron chi connectivity index (χ1n) is 5.55. The van der Waals surface area contributed by atoms with Crippen LogP contribution >= 0.6 is 15.9 Å². The zero-order valence-electron chi connectivity index (χ0n) is 9.50. The molecule has 2 nitrogen and oxygen atoms in total. The summed E-state index contributed by atoms with van der Waals surface area (Å²) >= 11 is 3.37. The highest BCUT2D eigenvalue weighted by Crippen LogP contribution is 2.31. The minimum Gasteiger partial charge on any atom is -0.489 e. The molecular weight excluding hydrogens is 268 g/mol. The van der Waals surface area contributed by atoms with Crippen molar-refractivity contribution in [2.24, 2.45) is 5.92 Å². The van der Waals surface area contributed by atoms with Gasteiger partial charge in [-0.1, -0.05) is 29.8 Å². The number of ether oxygens (including phenoxy) is 1. The van der Waals surface area contributed by atoms with Crippen molar-refractivity contribution in [2.45, 2.75) is 32.8 Å². The van der Waals surface area contributed by atoms with Gasteiger partial charge in [-0.15, -0.1) is 0 Å². The quantitative estimate of drug-likeness (QED) is 0.824. The molecule has 1 aliphatic heterocycles. The molecule has 1 aromatic rings. The molecule has 1 atom stereocenters. The van der Waals surface area contributed by atoms with Crippen molar-refractivity contribution in [1.29, 1.82) is 0 Å². The second-order valence-corrected chi connectivity index (χ2v) is 5.55. The van der Waals surface area contributed by atoms with Crippen molar-refractivity contribution in [1.82, 2.24) is 0 Å². The Morgan fingerprint density at radius 3 is 2.94 bits per heavy atom. The van der Waals surface area contributed by atoms with Crippen LogP contribution in [0.15, 0.2) is 22.7 Å². The van der Waals surface area contributed by atoms with Crippen molar-refractivity contribution in [3.63, 3.8) is 0 Å². The Hall–Kier alpha value is -0.830. The molecule has 0 bridgehead atoms. The van der Waals surface area contributed by atoms with Gasteiger partial charge >= 0.3 is 0 Å². The number of hydrogen-bond acceptors (Lipinski definition) is 2. The molecule has 0 saturated carbocycles. The Morgan fingerprint density at radius 2 is 2.25 bits per heavy atom. The van der Waals surface area contributed by atoms with Crippen molar-refractivity contribution in [3.05, 3.63) is 28.2 Å². The fourth-order valence-corrected chi connectivity index (χ4v) is 2.38. The number of carbonyl (C=O) groups is 1. The second kappa shape index (κ2) is 4.58. The zero-order chi connectivity index (χ0) is 11.7. The van der Waals surface area contributed by atoms with Crippen molar-refractivity contribution >= 4 is 21.7 Å². The number of Topliss-reactive ketones (excluding diaryl/α,β-unsaturated/α-hetero) is 1. The maximum absolute atomic E-state index is 11.9. The number of ketones is 1. The zero-order valence-corrected chi connectivity index (χ0v) is 11.1. The van der Waals surface area contributed by atoms with Gasteiger partial charge < -0.3 is 4.74 Å². The van der Waals surface area contributed by atoms with Gasteiger partial charge in [0.15, 0.2) is 5.78 Å². The molecule has 2 rings (SSSR count). The number of benzene rings is 1. The Morgan fingerprint density at radius 1 is 1.50 bits per heavy atom. The molecular formula is C13H15BrO2. The third-order valence-corrected chi connectivity index (χ3v) is 3.18. The van der Waals surface area contributed by atoms with Crippen LogP contribution in [0.3, 0.4) is 0 Å². The van der Waals surface area contributed by atoms with Crippen LogP contribution in [0.4, 0.5) is 0 Å². The number of halogens is 1. The van der Waals surface area contributed by atoms with Crippen LogP contribution in [0, 0.1) is 5.92 Å².